The molecule has 0 saturated carbocycles. The van der Waals surface area contributed by atoms with Gasteiger partial charge in [-0.15, -0.1) is 0 Å². The lowest BCUT2D eigenvalue weighted by Crippen LogP contribution is -2.46. The molecular formula is C26H26Cl2N4O6. The van der Waals surface area contributed by atoms with Crippen LogP contribution in [0.4, 0.5) is 0 Å². The number of aliphatic hydroxyl groups excluding tert-OH is 1. The summed E-state index contributed by atoms with van der Waals surface area (Å²) in [6.45, 7) is 1.86. The monoisotopic (exact) mass is 560 g/mol. The molecule has 0 bridgehead atoms. The van der Waals surface area contributed by atoms with Gasteiger partial charge in [0.05, 0.1) is 33.7 Å². The Labute approximate surface area is 228 Å². The summed E-state index contributed by atoms with van der Waals surface area (Å²) in [6.07, 6.45) is 2.30. The first-order valence-electron chi connectivity index (χ1n) is 11.7. The number of nitrogens with zero attached hydrogens (tertiary/aromatic N) is 1. The molecule has 12 heteroatoms. The van der Waals surface area contributed by atoms with Gasteiger partial charge in [-0.3, -0.25) is 9.59 Å². The molecule has 2 atom stereocenters. The van der Waals surface area contributed by atoms with Crippen molar-refractivity contribution in [3.8, 4) is 0 Å². The lowest BCUT2D eigenvalue weighted by atomic mass is 9.96. The van der Waals surface area contributed by atoms with Gasteiger partial charge in [-0.2, -0.15) is 0 Å². The van der Waals surface area contributed by atoms with Crippen LogP contribution in [-0.4, -0.2) is 58.1 Å². The van der Waals surface area contributed by atoms with Gasteiger partial charge in [0.15, 0.2) is 0 Å². The molecule has 0 radical (unpaired) electrons. The zero-order valence-corrected chi connectivity index (χ0v) is 21.8. The number of carboxylic acids is 1. The average molecular weight is 561 g/mol. The second kappa shape index (κ2) is 11.3. The standard InChI is InChI=1S/C26H26Cl2N4O6/c1-13(33)19(29)10-30-11-20(26(36)37)31-24(34)22-18(27)8-16-12-32(6-4-17(16)23(22)28)25(35)15-3-2-14-5-7-38-21(14)9-15/h2-3,5,7-10,13,20,30,33H,4,6,11-12,29H2,1H3,(H,31,34)(H,36,37)/b19-10-/t13-,20-/m0/s1. The van der Waals surface area contributed by atoms with Crippen molar-refractivity contribution in [2.45, 2.75) is 32.0 Å². The SMILES string of the molecule is C[C@H](O)/C(N)=C/NC[C@H](NC(=O)c1c(Cl)cc2c(c1Cl)CCN(C(=O)c1ccc3ccoc3c1)C2)C(=O)O. The largest absolute Gasteiger partial charge is 0.480 e. The third-order valence-electron chi connectivity index (χ3n) is 6.30. The highest BCUT2D eigenvalue weighted by Crippen LogP contribution is 2.35. The molecule has 0 saturated heterocycles. The van der Waals surface area contributed by atoms with Crippen molar-refractivity contribution in [2.24, 2.45) is 5.73 Å². The number of carbonyl (C=O) groups is 3. The van der Waals surface area contributed by atoms with Gasteiger partial charge in [-0.05, 0) is 48.7 Å². The Bertz CT molecular complexity index is 1430. The van der Waals surface area contributed by atoms with Gasteiger partial charge in [0.1, 0.15) is 11.6 Å². The molecule has 0 spiro atoms. The van der Waals surface area contributed by atoms with Crippen LogP contribution in [0, 0.1) is 0 Å². The van der Waals surface area contributed by atoms with Gasteiger partial charge in [-0.25, -0.2) is 4.79 Å². The Morgan fingerprint density at radius 3 is 2.71 bits per heavy atom. The van der Waals surface area contributed by atoms with E-state index in [-0.39, 0.29) is 40.3 Å². The molecule has 2 aromatic carbocycles. The second-order valence-electron chi connectivity index (χ2n) is 8.93. The minimum absolute atomic E-state index is 0.0351. The number of hydrogen-bond donors (Lipinski definition) is 5. The lowest BCUT2D eigenvalue weighted by molar-refractivity contribution is -0.139. The van der Waals surface area contributed by atoms with Crippen LogP contribution in [0.15, 0.2) is 52.9 Å². The van der Waals surface area contributed by atoms with Crippen molar-refractivity contribution in [1.82, 2.24) is 15.5 Å². The van der Waals surface area contributed by atoms with E-state index in [1.54, 1.807) is 29.4 Å². The number of carboxylic acid groups (broad SMARTS) is 1. The minimum atomic E-state index is -1.33. The zero-order chi connectivity index (χ0) is 27.6. The molecule has 6 N–H and O–H groups in total. The molecule has 0 unspecified atom stereocenters. The normalized spacial score (nSPS) is 15.1. The van der Waals surface area contributed by atoms with Crippen molar-refractivity contribution in [3.63, 3.8) is 0 Å². The highest BCUT2D eigenvalue weighted by Gasteiger charge is 2.29. The summed E-state index contributed by atoms with van der Waals surface area (Å²) in [5, 5.41) is 25.1. The number of nitrogens with two attached hydrogens (primary N) is 1. The average Bonchev–Trinajstić information content (AvgIpc) is 3.35. The summed E-state index contributed by atoms with van der Waals surface area (Å²) < 4.78 is 5.40. The van der Waals surface area contributed by atoms with Crippen LogP contribution < -0.4 is 16.4 Å². The number of furan rings is 1. The Morgan fingerprint density at radius 2 is 2.00 bits per heavy atom. The van der Waals surface area contributed by atoms with E-state index in [4.69, 9.17) is 33.4 Å². The Kier molecular flexibility index (Phi) is 8.15. The number of aliphatic carboxylic acids is 1. The van der Waals surface area contributed by atoms with Gasteiger partial charge in [0, 0.05) is 36.8 Å². The molecule has 2 heterocycles. The van der Waals surface area contributed by atoms with E-state index in [0.29, 0.717) is 35.2 Å². The Hall–Kier alpha value is -3.73. The fourth-order valence-electron chi connectivity index (χ4n) is 4.15. The first-order valence-corrected chi connectivity index (χ1v) is 12.5. The maximum atomic E-state index is 13.1. The number of fused-ring (bicyclic) bond motifs is 2. The third kappa shape index (κ3) is 5.72. The van der Waals surface area contributed by atoms with E-state index in [1.807, 2.05) is 12.1 Å². The maximum Gasteiger partial charge on any atom is 0.328 e. The van der Waals surface area contributed by atoms with Crippen LogP contribution >= 0.6 is 23.2 Å². The van der Waals surface area contributed by atoms with Crippen LogP contribution in [0.5, 0.6) is 0 Å². The van der Waals surface area contributed by atoms with Crippen molar-refractivity contribution in [3.05, 3.63) is 80.8 Å². The van der Waals surface area contributed by atoms with Crippen LogP contribution in [-0.2, 0) is 17.8 Å². The third-order valence-corrected chi connectivity index (χ3v) is 7.01. The number of nitrogens with one attached hydrogen (secondary N) is 2. The molecule has 0 aliphatic carbocycles. The lowest BCUT2D eigenvalue weighted by Gasteiger charge is -2.30. The molecule has 1 aliphatic heterocycles. The topological polar surface area (TPSA) is 158 Å². The second-order valence-corrected chi connectivity index (χ2v) is 9.71. The molecule has 1 aliphatic rings. The van der Waals surface area contributed by atoms with Crippen LogP contribution in [0.2, 0.25) is 10.0 Å². The first-order chi connectivity index (χ1) is 18.1. The molecule has 4 rings (SSSR count). The van der Waals surface area contributed by atoms with E-state index in [2.05, 4.69) is 10.6 Å². The van der Waals surface area contributed by atoms with E-state index < -0.39 is 24.0 Å². The number of benzene rings is 2. The summed E-state index contributed by atoms with van der Waals surface area (Å²) >= 11 is 13.0. The number of rotatable bonds is 8. The summed E-state index contributed by atoms with van der Waals surface area (Å²) in [6, 6.07) is 7.32. The van der Waals surface area contributed by atoms with Gasteiger partial charge in [0.25, 0.3) is 11.8 Å². The Balaban J connectivity index is 1.50. The molecule has 1 aromatic heterocycles. The van der Waals surface area contributed by atoms with Gasteiger partial charge in [0.2, 0.25) is 0 Å². The van der Waals surface area contributed by atoms with E-state index >= 15 is 0 Å². The van der Waals surface area contributed by atoms with Crippen LogP contribution in [0.1, 0.15) is 38.8 Å². The van der Waals surface area contributed by atoms with Gasteiger partial charge < -0.3 is 35.9 Å². The maximum absolute atomic E-state index is 13.1. The fraction of sp³-hybridized carbons (Fsp3) is 0.269. The summed E-state index contributed by atoms with van der Waals surface area (Å²) in [4.78, 5) is 39.5. The molecule has 2 amide bonds. The highest BCUT2D eigenvalue weighted by atomic mass is 35.5. The van der Waals surface area contributed by atoms with Crippen LogP contribution in [0.25, 0.3) is 11.0 Å². The number of aliphatic hydroxyl groups is 1. The molecule has 38 heavy (non-hydrogen) atoms. The van der Waals surface area contributed by atoms with Crippen molar-refractivity contribution < 1.29 is 29.0 Å². The highest BCUT2D eigenvalue weighted by molar-refractivity contribution is 6.40. The summed E-state index contributed by atoms with van der Waals surface area (Å²) in [5.41, 5.74) is 8.15. The van der Waals surface area contributed by atoms with Crippen molar-refractivity contribution >= 4 is 52.0 Å². The van der Waals surface area contributed by atoms with E-state index in [1.165, 1.54) is 13.1 Å². The summed E-state index contributed by atoms with van der Waals surface area (Å²) in [7, 11) is 0. The fourth-order valence-corrected chi connectivity index (χ4v) is 4.91. The van der Waals surface area contributed by atoms with Gasteiger partial charge in [-0.1, -0.05) is 29.3 Å². The molecule has 3 aromatic rings. The minimum Gasteiger partial charge on any atom is -0.480 e. The molecule has 200 valence electrons. The predicted molar refractivity (Wildman–Crippen MR) is 142 cm³/mol. The molecule has 10 nitrogen and oxygen atoms in total. The zero-order valence-electron chi connectivity index (χ0n) is 20.3. The smallest absolute Gasteiger partial charge is 0.328 e. The van der Waals surface area contributed by atoms with Crippen molar-refractivity contribution in [1.29, 1.82) is 0 Å². The van der Waals surface area contributed by atoms with Crippen LogP contribution in [0.3, 0.4) is 0 Å². The quantitative estimate of drug-likeness (QED) is 0.281. The predicted octanol–water partition coefficient (Wildman–Crippen LogP) is 2.89. The number of amides is 2. The number of carbonyl (C=O) groups excluding carboxylic acids is 2. The summed E-state index contributed by atoms with van der Waals surface area (Å²) in [5.74, 6) is -2.22. The van der Waals surface area contributed by atoms with Crippen molar-refractivity contribution in [2.75, 3.05) is 13.1 Å². The number of hydrogen-bond acceptors (Lipinski definition) is 7. The Morgan fingerprint density at radius 1 is 1.24 bits per heavy atom. The van der Waals surface area contributed by atoms with E-state index in [0.717, 1.165) is 5.39 Å². The first kappa shape index (κ1) is 27.3. The van der Waals surface area contributed by atoms with Gasteiger partial charge >= 0.3 is 5.97 Å². The van der Waals surface area contributed by atoms with E-state index in [9.17, 15) is 24.6 Å². The molecular weight excluding hydrogens is 535 g/mol. The number of halogens is 2. The molecule has 0 fully saturated rings.